The van der Waals surface area contributed by atoms with Crippen molar-refractivity contribution >= 4 is 28.4 Å². The number of benzene rings is 3. The molecule has 0 aliphatic carbocycles. The molecule has 1 atom stereocenters. The zero-order chi connectivity index (χ0) is 26.8. The summed E-state index contributed by atoms with van der Waals surface area (Å²) in [5.41, 5.74) is 3.06. The number of hydrogen-bond acceptors (Lipinski definition) is 6. The van der Waals surface area contributed by atoms with E-state index < -0.39 is 17.7 Å². The number of methoxy groups -OCH3 is 3. The molecule has 0 spiro atoms. The number of hydrogen-bond donors (Lipinski definition) is 2. The summed E-state index contributed by atoms with van der Waals surface area (Å²) in [6.07, 6.45) is 2.39. The molecule has 38 heavy (non-hydrogen) atoms. The van der Waals surface area contributed by atoms with Gasteiger partial charge in [0.2, 0.25) is 0 Å². The van der Waals surface area contributed by atoms with Crippen molar-refractivity contribution in [3.8, 4) is 17.2 Å². The highest BCUT2D eigenvalue weighted by Gasteiger charge is 2.46. The van der Waals surface area contributed by atoms with Gasteiger partial charge in [-0.2, -0.15) is 0 Å². The summed E-state index contributed by atoms with van der Waals surface area (Å²) in [4.78, 5) is 31.5. The van der Waals surface area contributed by atoms with Crippen molar-refractivity contribution in [1.82, 2.24) is 9.88 Å². The number of aromatic amines is 1. The molecule has 2 N–H and O–H groups in total. The lowest BCUT2D eigenvalue weighted by Crippen LogP contribution is -2.31. The van der Waals surface area contributed by atoms with E-state index in [1.807, 2.05) is 30.5 Å². The van der Waals surface area contributed by atoms with Crippen LogP contribution in [0.2, 0.25) is 0 Å². The normalized spacial score (nSPS) is 16.7. The summed E-state index contributed by atoms with van der Waals surface area (Å²) in [6, 6.07) is 18.9. The molecule has 8 heteroatoms. The maximum Gasteiger partial charge on any atom is 0.295 e. The van der Waals surface area contributed by atoms with Gasteiger partial charge in [0.15, 0.2) is 0 Å². The molecule has 0 radical (unpaired) electrons. The Morgan fingerprint density at radius 2 is 1.58 bits per heavy atom. The minimum Gasteiger partial charge on any atom is -0.507 e. The molecule has 1 aromatic heterocycles. The fourth-order valence-electron chi connectivity index (χ4n) is 4.91. The van der Waals surface area contributed by atoms with Gasteiger partial charge in [-0.15, -0.1) is 0 Å². The van der Waals surface area contributed by atoms with Crippen LogP contribution in [0.4, 0.5) is 0 Å². The molecule has 5 rings (SSSR count). The molecule has 0 bridgehead atoms. The molecule has 4 aromatic rings. The van der Waals surface area contributed by atoms with Gasteiger partial charge < -0.3 is 29.2 Å². The topological polar surface area (TPSA) is 101 Å². The Morgan fingerprint density at radius 1 is 0.895 bits per heavy atom. The molecule has 3 aromatic carbocycles. The molecule has 8 nitrogen and oxygen atoms in total. The van der Waals surface area contributed by atoms with Crippen molar-refractivity contribution in [2.45, 2.75) is 12.5 Å². The van der Waals surface area contributed by atoms with Crippen molar-refractivity contribution in [3.63, 3.8) is 0 Å². The van der Waals surface area contributed by atoms with Gasteiger partial charge in [0.1, 0.15) is 23.0 Å². The Labute approximate surface area is 220 Å². The van der Waals surface area contributed by atoms with Crippen LogP contribution in [0.3, 0.4) is 0 Å². The van der Waals surface area contributed by atoms with E-state index in [-0.39, 0.29) is 17.9 Å². The van der Waals surface area contributed by atoms with Gasteiger partial charge in [0, 0.05) is 29.2 Å². The largest absolute Gasteiger partial charge is 0.507 e. The van der Waals surface area contributed by atoms with Gasteiger partial charge in [-0.25, -0.2) is 0 Å². The van der Waals surface area contributed by atoms with Crippen molar-refractivity contribution in [2.75, 3.05) is 27.9 Å². The van der Waals surface area contributed by atoms with Gasteiger partial charge in [0.25, 0.3) is 11.7 Å². The SMILES string of the molecule is COc1ccc(/C(O)=C2/C(=O)C(=O)N(CCc3c[nH]c4ccc(OC)cc34)C2c2cccc(OC)c2)cc1. The Bertz CT molecular complexity index is 1540. The van der Waals surface area contributed by atoms with Gasteiger partial charge in [-0.1, -0.05) is 12.1 Å². The average molecular weight is 513 g/mol. The molecule has 1 unspecified atom stereocenters. The van der Waals surface area contributed by atoms with E-state index in [0.29, 0.717) is 29.0 Å². The number of aliphatic hydroxyl groups excluding tert-OH is 1. The number of likely N-dealkylation sites (tertiary alicyclic amines) is 1. The number of nitrogens with zero attached hydrogens (tertiary/aromatic N) is 1. The summed E-state index contributed by atoms with van der Waals surface area (Å²) in [5, 5.41) is 12.3. The van der Waals surface area contributed by atoms with Crippen LogP contribution in [0.15, 0.2) is 78.5 Å². The Hall–Kier alpha value is -4.72. The van der Waals surface area contributed by atoms with E-state index in [4.69, 9.17) is 14.2 Å². The lowest BCUT2D eigenvalue weighted by molar-refractivity contribution is -0.139. The second-order valence-electron chi connectivity index (χ2n) is 8.97. The zero-order valence-electron chi connectivity index (χ0n) is 21.4. The zero-order valence-corrected chi connectivity index (χ0v) is 21.4. The number of rotatable bonds is 8. The molecule has 2 heterocycles. The highest BCUT2D eigenvalue weighted by atomic mass is 16.5. The minimum atomic E-state index is -0.785. The number of carbonyl (C=O) groups excluding carboxylic acids is 2. The highest BCUT2D eigenvalue weighted by Crippen LogP contribution is 2.40. The molecule has 1 saturated heterocycles. The van der Waals surface area contributed by atoms with Crippen LogP contribution in [-0.4, -0.2) is 54.6 Å². The molecular formula is C30H28N2O6. The first-order valence-electron chi connectivity index (χ1n) is 12.2. The fraction of sp³-hybridized carbons (Fsp3) is 0.200. The third kappa shape index (κ3) is 4.45. The first-order chi connectivity index (χ1) is 18.4. The molecule has 1 aliphatic heterocycles. The monoisotopic (exact) mass is 512 g/mol. The van der Waals surface area contributed by atoms with Crippen LogP contribution >= 0.6 is 0 Å². The van der Waals surface area contributed by atoms with Crippen LogP contribution in [0.1, 0.15) is 22.7 Å². The summed E-state index contributed by atoms with van der Waals surface area (Å²) < 4.78 is 16.0. The average Bonchev–Trinajstić information content (AvgIpc) is 3.48. The molecule has 1 aliphatic rings. The Kier molecular flexibility index (Phi) is 6.79. The number of ether oxygens (including phenoxy) is 3. The smallest absolute Gasteiger partial charge is 0.295 e. The van der Waals surface area contributed by atoms with Gasteiger partial charge >= 0.3 is 0 Å². The predicted octanol–water partition coefficient (Wildman–Crippen LogP) is 4.86. The molecular weight excluding hydrogens is 484 g/mol. The summed E-state index contributed by atoms with van der Waals surface area (Å²) in [7, 11) is 4.72. The summed E-state index contributed by atoms with van der Waals surface area (Å²) in [6.45, 7) is 0.260. The maximum absolute atomic E-state index is 13.4. The first kappa shape index (κ1) is 25.0. The number of aliphatic hydroxyl groups is 1. The molecule has 1 fully saturated rings. The Balaban J connectivity index is 1.56. The van der Waals surface area contributed by atoms with E-state index in [2.05, 4.69) is 4.98 Å². The minimum absolute atomic E-state index is 0.0361. The summed E-state index contributed by atoms with van der Waals surface area (Å²) >= 11 is 0. The first-order valence-corrected chi connectivity index (χ1v) is 12.2. The second-order valence-corrected chi connectivity index (χ2v) is 8.97. The van der Waals surface area contributed by atoms with Crippen LogP contribution < -0.4 is 14.2 Å². The number of ketones is 1. The lowest BCUT2D eigenvalue weighted by atomic mass is 9.95. The van der Waals surface area contributed by atoms with Crippen LogP contribution in [0, 0.1) is 0 Å². The van der Waals surface area contributed by atoms with Crippen molar-refractivity contribution in [2.24, 2.45) is 0 Å². The molecule has 0 saturated carbocycles. The van der Waals surface area contributed by atoms with Gasteiger partial charge in [0.05, 0.1) is 32.9 Å². The fourth-order valence-corrected chi connectivity index (χ4v) is 4.91. The summed E-state index contributed by atoms with van der Waals surface area (Å²) in [5.74, 6) is 0.299. The molecule has 1 amide bonds. The number of H-pyrrole nitrogens is 1. The van der Waals surface area contributed by atoms with E-state index in [1.54, 1.807) is 63.8 Å². The lowest BCUT2D eigenvalue weighted by Gasteiger charge is -2.25. The molecule has 194 valence electrons. The Morgan fingerprint density at radius 3 is 2.29 bits per heavy atom. The van der Waals surface area contributed by atoms with Crippen LogP contribution in [0.25, 0.3) is 16.7 Å². The van der Waals surface area contributed by atoms with E-state index in [9.17, 15) is 14.7 Å². The van der Waals surface area contributed by atoms with E-state index in [1.165, 1.54) is 4.90 Å². The van der Waals surface area contributed by atoms with Crippen molar-refractivity contribution in [1.29, 1.82) is 0 Å². The second kappa shape index (κ2) is 10.3. The number of carbonyl (C=O) groups is 2. The number of amides is 1. The quantitative estimate of drug-likeness (QED) is 0.199. The van der Waals surface area contributed by atoms with E-state index in [0.717, 1.165) is 22.2 Å². The standard InChI is InChI=1S/C30H28N2O6/c1-36-21-9-7-18(8-10-21)28(33)26-27(19-5-4-6-22(15-19)37-2)32(30(35)29(26)34)14-13-20-17-31-25-12-11-23(38-3)16-24(20)25/h4-12,15-17,27,31,33H,13-14H2,1-3H3/b28-26-. The number of nitrogens with one attached hydrogen (secondary N) is 1. The third-order valence-electron chi connectivity index (χ3n) is 6.91. The van der Waals surface area contributed by atoms with E-state index >= 15 is 0 Å². The number of Topliss-reactive ketones (excluding diaryl/α,β-unsaturated/α-hetero) is 1. The highest BCUT2D eigenvalue weighted by molar-refractivity contribution is 6.46. The van der Waals surface area contributed by atoms with Gasteiger partial charge in [-0.3, -0.25) is 9.59 Å². The predicted molar refractivity (Wildman–Crippen MR) is 144 cm³/mol. The van der Waals surface area contributed by atoms with Crippen molar-refractivity contribution < 1.29 is 28.9 Å². The van der Waals surface area contributed by atoms with Crippen LogP contribution in [0.5, 0.6) is 17.2 Å². The van der Waals surface area contributed by atoms with Crippen molar-refractivity contribution in [3.05, 3.63) is 95.2 Å². The third-order valence-corrected chi connectivity index (χ3v) is 6.91. The maximum atomic E-state index is 13.4. The van der Waals surface area contributed by atoms with Gasteiger partial charge in [-0.05, 0) is 72.1 Å². The van der Waals surface area contributed by atoms with Crippen LogP contribution in [-0.2, 0) is 16.0 Å². The number of fused-ring (bicyclic) bond motifs is 1. The number of aromatic nitrogens is 1.